The molecule has 2 aromatic rings. The summed E-state index contributed by atoms with van der Waals surface area (Å²) in [4.78, 5) is 12.2. The molecular formula is C11H13N5. The fourth-order valence-corrected chi connectivity index (χ4v) is 1.49. The summed E-state index contributed by atoms with van der Waals surface area (Å²) in [6.07, 6.45) is 7.48. The van der Waals surface area contributed by atoms with E-state index in [0.717, 1.165) is 11.3 Å². The van der Waals surface area contributed by atoms with Crippen molar-refractivity contribution in [2.45, 2.75) is 12.5 Å². The number of hydrogen-bond acceptors (Lipinski definition) is 5. The fraction of sp³-hybridized carbons (Fsp3) is 0.182. The van der Waals surface area contributed by atoms with E-state index in [9.17, 15) is 0 Å². The van der Waals surface area contributed by atoms with Crippen LogP contribution in [-0.2, 0) is 6.42 Å². The molecule has 82 valence electrons. The number of hydrogen-bond donors (Lipinski definition) is 2. The molecule has 3 N–H and O–H groups in total. The molecule has 0 aliphatic rings. The van der Waals surface area contributed by atoms with Gasteiger partial charge < -0.3 is 0 Å². The number of hydrazine groups is 1. The Bertz CT molecular complexity index is 417. The SMILES string of the molecule is NNC(Cc1ccccn1)c1cncnc1. The van der Waals surface area contributed by atoms with Gasteiger partial charge >= 0.3 is 0 Å². The van der Waals surface area contributed by atoms with E-state index >= 15 is 0 Å². The molecule has 0 saturated heterocycles. The Kier molecular flexibility index (Phi) is 3.53. The highest BCUT2D eigenvalue weighted by Crippen LogP contribution is 2.14. The van der Waals surface area contributed by atoms with Crippen LogP contribution in [0.25, 0.3) is 0 Å². The van der Waals surface area contributed by atoms with Crippen LogP contribution in [0, 0.1) is 0 Å². The highest BCUT2D eigenvalue weighted by molar-refractivity contribution is 5.14. The minimum absolute atomic E-state index is 0.0175. The molecule has 0 saturated carbocycles. The van der Waals surface area contributed by atoms with Gasteiger partial charge in [0.05, 0.1) is 6.04 Å². The van der Waals surface area contributed by atoms with Gasteiger partial charge in [0.15, 0.2) is 0 Å². The summed E-state index contributed by atoms with van der Waals surface area (Å²) >= 11 is 0. The van der Waals surface area contributed by atoms with E-state index in [0.29, 0.717) is 6.42 Å². The first-order valence-corrected chi connectivity index (χ1v) is 5.01. The summed E-state index contributed by atoms with van der Waals surface area (Å²) < 4.78 is 0. The van der Waals surface area contributed by atoms with Gasteiger partial charge in [0, 0.05) is 36.3 Å². The number of pyridine rings is 1. The summed E-state index contributed by atoms with van der Waals surface area (Å²) in [6, 6.07) is 5.79. The van der Waals surface area contributed by atoms with E-state index in [1.54, 1.807) is 18.6 Å². The predicted molar refractivity (Wildman–Crippen MR) is 60.0 cm³/mol. The Morgan fingerprint density at radius 1 is 1.25 bits per heavy atom. The number of rotatable bonds is 4. The zero-order valence-electron chi connectivity index (χ0n) is 8.74. The second kappa shape index (κ2) is 5.29. The lowest BCUT2D eigenvalue weighted by molar-refractivity contribution is 0.542. The van der Waals surface area contributed by atoms with Crippen molar-refractivity contribution in [1.82, 2.24) is 20.4 Å². The van der Waals surface area contributed by atoms with Crippen molar-refractivity contribution < 1.29 is 0 Å². The first kappa shape index (κ1) is 10.7. The van der Waals surface area contributed by atoms with Crippen molar-refractivity contribution in [2.24, 2.45) is 5.84 Å². The second-order valence-corrected chi connectivity index (χ2v) is 3.42. The van der Waals surface area contributed by atoms with Crippen molar-refractivity contribution in [3.05, 3.63) is 54.4 Å². The smallest absolute Gasteiger partial charge is 0.115 e. The van der Waals surface area contributed by atoms with Crippen molar-refractivity contribution in [3.8, 4) is 0 Å². The normalized spacial score (nSPS) is 12.3. The van der Waals surface area contributed by atoms with Crippen LogP contribution in [0.3, 0.4) is 0 Å². The third-order valence-corrected chi connectivity index (χ3v) is 2.32. The highest BCUT2D eigenvalue weighted by atomic mass is 15.2. The molecule has 5 heteroatoms. The van der Waals surface area contributed by atoms with Crippen LogP contribution in [0.5, 0.6) is 0 Å². The van der Waals surface area contributed by atoms with Crippen molar-refractivity contribution in [3.63, 3.8) is 0 Å². The summed E-state index contributed by atoms with van der Waals surface area (Å²) in [5, 5.41) is 0. The largest absolute Gasteiger partial charge is 0.271 e. The van der Waals surface area contributed by atoms with Gasteiger partial charge in [-0.05, 0) is 12.1 Å². The van der Waals surface area contributed by atoms with E-state index in [1.165, 1.54) is 6.33 Å². The first-order chi connectivity index (χ1) is 7.90. The fourth-order valence-electron chi connectivity index (χ4n) is 1.49. The summed E-state index contributed by atoms with van der Waals surface area (Å²) in [7, 11) is 0. The Morgan fingerprint density at radius 3 is 2.69 bits per heavy atom. The first-order valence-electron chi connectivity index (χ1n) is 5.01. The molecule has 0 aliphatic carbocycles. The third kappa shape index (κ3) is 2.59. The lowest BCUT2D eigenvalue weighted by Crippen LogP contribution is -2.30. The van der Waals surface area contributed by atoms with Gasteiger partial charge in [-0.15, -0.1) is 0 Å². The molecule has 0 spiro atoms. The van der Waals surface area contributed by atoms with Gasteiger partial charge in [0.1, 0.15) is 6.33 Å². The number of nitrogens with one attached hydrogen (secondary N) is 1. The monoisotopic (exact) mass is 215 g/mol. The molecule has 2 rings (SSSR count). The van der Waals surface area contributed by atoms with Crippen LogP contribution < -0.4 is 11.3 Å². The molecule has 0 amide bonds. The molecule has 0 fully saturated rings. The molecule has 0 aliphatic heterocycles. The van der Waals surface area contributed by atoms with Crippen LogP contribution in [0.4, 0.5) is 0 Å². The third-order valence-electron chi connectivity index (χ3n) is 2.32. The average Bonchev–Trinajstić information content (AvgIpc) is 2.38. The highest BCUT2D eigenvalue weighted by Gasteiger charge is 2.11. The minimum Gasteiger partial charge on any atom is -0.271 e. The molecule has 5 nitrogen and oxygen atoms in total. The minimum atomic E-state index is -0.0175. The number of nitrogens with zero attached hydrogens (tertiary/aromatic N) is 3. The van der Waals surface area contributed by atoms with Crippen LogP contribution in [0.2, 0.25) is 0 Å². The Labute approximate surface area is 93.7 Å². The predicted octanol–water partition coefficient (Wildman–Crippen LogP) is 0.619. The topological polar surface area (TPSA) is 76.7 Å². The molecule has 0 bridgehead atoms. The molecule has 2 aromatic heterocycles. The van der Waals surface area contributed by atoms with Gasteiger partial charge in [0.25, 0.3) is 0 Å². The van der Waals surface area contributed by atoms with Crippen molar-refractivity contribution in [1.29, 1.82) is 0 Å². The zero-order chi connectivity index (χ0) is 11.2. The van der Waals surface area contributed by atoms with Crippen molar-refractivity contribution >= 4 is 0 Å². The quantitative estimate of drug-likeness (QED) is 0.577. The maximum Gasteiger partial charge on any atom is 0.115 e. The summed E-state index contributed by atoms with van der Waals surface area (Å²) in [5.41, 5.74) is 4.68. The van der Waals surface area contributed by atoms with E-state index in [1.807, 2.05) is 18.2 Å². The van der Waals surface area contributed by atoms with Gasteiger partial charge in [0.2, 0.25) is 0 Å². The molecule has 16 heavy (non-hydrogen) atoms. The summed E-state index contributed by atoms with van der Waals surface area (Å²) in [5.74, 6) is 5.52. The Balaban J connectivity index is 2.13. The molecule has 0 radical (unpaired) electrons. The number of nitrogens with two attached hydrogens (primary N) is 1. The second-order valence-electron chi connectivity index (χ2n) is 3.42. The molecule has 1 unspecified atom stereocenters. The lowest BCUT2D eigenvalue weighted by atomic mass is 10.1. The number of aromatic nitrogens is 3. The maximum absolute atomic E-state index is 5.52. The van der Waals surface area contributed by atoms with E-state index in [4.69, 9.17) is 5.84 Å². The Morgan fingerprint density at radius 2 is 2.06 bits per heavy atom. The van der Waals surface area contributed by atoms with Crippen LogP contribution in [-0.4, -0.2) is 15.0 Å². The molecule has 0 aromatic carbocycles. The van der Waals surface area contributed by atoms with E-state index in [2.05, 4.69) is 20.4 Å². The van der Waals surface area contributed by atoms with E-state index < -0.39 is 0 Å². The molecular weight excluding hydrogens is 202 g/mol. The maximum atomic E-state index is 5.52. The van der Waals surface area contributed by atoms with Crippen LogP contribution >= 0.6 is 0 Å². The lowest BCUT2D eigenvalue weighted by Gasteiger charge is -2.14. The Hall–Kier alpha value is -1.85. The van der Waals surface area contributed by atoms with Crippen molar-refractivity contribution in [2.75, 3.05) is 0 Å². The van der Waals surface area contributed by atoms with Crippen LogP contribution in [0.1, 0.15) is 17.3 Å². The van der Waals surface area contributed by atoms with Gasteiger partial charge in [-0.25, -0.2) is 9.97 Å². The molecule has 2 heterocycles. The van der Waals surface area contributed by atoms with Crippen LogP contribution in [0.15, 0.2) is 43.1 Å². The molecule has 1 atom stereocenters. The average molecular weight is 215 g/mol. The summed E-state index contributed by atoms with van der Waals surface area (Å²) in [6.45, 7) is 0. The van der Waals surface area contributed by atoms with E-state index in [-0.39, 0.29) is 6.04 Å². The standard InChI is InChI=1S/C11H13N5/c12-16-11(9-6-13-8-14-7-9)5-10-3-1-2-4-15-10/h1-4,6-8,11,16H,5,12H2. The van der Waals surface area contributed by atoms with Gasteiger partial charge in [-0.1, -0.05) is 6.07 Å². The van der Waals surface area contributed by atoms with Gasteiger partial charge in [-0.2, -0.15) is 0 Å². The zero-order valence-corrected chi connectivity index (χ0v) is 8.74. The van der Waals surface area contributed by atoms with Gasteiger partial charge in [-0.3, -0.25) is 16.3 Å².